The van der Waals surface area contributed by atoms with Gasteiger partial charge in [-0.25, -0.2) is 0 Å². The molecule has 0 bridgehead atoms. The highest BCUT2D eigenvalue weighted by Gasteiger charge is 2.06. The molecule has 0 saturated heterocycles. The van der Waals surface area contributed by atoms with Crippen LogP contribution in [-0.2, 0) is 24.4 Å². The molecule has 0 aliphatic heterocycles. The summed E-state index contributed by atoms with van der Waals surface area (Å²) in [4.78, 5) is 4.34. The fraction of sp³-hybridized carbons (Fsp3) is 0.467. The second-order valence-corrected chi connectivity index (χ2v) is 4.86. The van der Waals surface area contributed by atoms with Gasteiger partial charge in [0.15, 0.2) is 5.76 Å². The Morgan fingerprint density at radius 1 is 1.29 bits per heavy atom. The minimum Gasteiger partial charge on any atom is -0.486 e. The van der Waals surface area contributed by atoms with Crippen LogP contribution in [0.4, 0.5) is 0 Å². The molecule has 0 aliphatic carbocycles. The molecule has 114 valence electrons. The standard InChI is InChI=1S/C15H21N3O3/c1-3-11(16)6-12-4-5-14(8-17-12)20-9-13-7-15(10-19-2)21-18-13/h4-5,7-8,11H,3,6,9-10,16H2,1-2H3. The summed E-state index contributed by atoms with van der Waals surface area (Å²) < 4.78 is 15.7. The first-order valence-electron chi connectivity index (χ1n) is 6.98. The van der Waals surface area contributed by atoms with Crippen molar-refractivity contribution in [3.63, 3.8) is 0 Å². The largest absolute Gasteiger partial charge is 0.486 e. The Labute approximate surface area is 124 Å². The van der Waals surface area contributed by atoms with Crippen LogP contribution in [0.5, 0.6) is 5.75 Å². The summed E-state index contributed by atoms with van der Waals surface area (Å²) in [5.74, 6) is 1.37. The van der Waals surface area contributed by atoms with E-state index in [1.54, 1.807) is 13.3 Å². The zero-order chi connectivity index (χ0) is 15.1. The number of ether oxygens (including phenoxy) is 2. The molecular formula is C15H21N3O3. The molecule has 6 nitrogen and oxygen atoms in total. The van der Waals surface area contributed by atoms with Gasteiger partial charge in [0, 0.05) is 31.3 Å². The van der Waals surface area contributed by atoms with Crippen LogP contribution in [0, 0.1) is 0 Å². The maximum absolute atomic E-state index is 5.90. The highest BCUT2D eigenvalue weighted by atomic mass is 16.5. The van der Waals surface area contributed by atoms with Crippen LogP contribution in [-0.4, -0.2) is 23.3 Å². The number of methoxy groups -OCH3 is 1. The SMILES string of the molecule is CCC(N)Cc1ccc(OCc2cc(COC)on2)cn1. The van der Waals surface area contributed by atoms with E-state index in [4.69, 9.17) is 19.7 Å². The fourth-order valence-corrected chi connectivity index (χ4v) is 1.82. The molecule has 0 fully saturated rings. The molecule has 2 heterocycles. The Morgan fingerprint density at radius 2 is 2.14 bits per heavy atom. The minimum atomic E-state index is 0.151. The molecule has 0 saturated carbocycles. The van der Waals surface area contributed by atoms with Crippen LogP contribution in [0.1, 0.15) is 30.5 Å². The molecule has 0 amide bonds. The van der Waals surface area contributed by atoms with Crippen molar-refractivity contribution in [3.05, 3.63) is 41.5 Å². The lowest BCUT2D eigenvalue weighted by atomic mass is 10.1. The molecule has 0 aliphatic rings. The maximum atomic E-state index is 5.90. The Balaban J connectivity index is 1.85. The van der Waals surface area contributed by atoms with Crippen molar-refractivity contribution in [2.45, 2.75) is 39.0 Å². The second kappa shape index (κ2) is 7.75. The van der Waals surface area contributed by atoms with Gasteiger partial charge in [-0.1, -0.05) is 12.1 Å². The van der Waals surface area contributed by atoms with Gasteiger partial charge in [-0.15, -0.1) is 0 Å². The van der Waals surface area contributed by atoms with E-state index < -0.39 is 0 Å². The zero-order valence-electron chi connectivity index (χ0n) is 12.4. The molecule has 21 heavy (non-hydrogen) atoms. The van der Waals surface area contributed by atoms with Crippen molar-refractivity contribution in [3.8, 4) is 5.75 Å². The summed E-state index contributed by atoms with van der Waals surface area (Å²) in [5, 5.41) is 3.90. The van der Waals surface area contributed by atoms with E-state index in [1.807, 2.05) is 18.2 Å². The van der Waals surface area contributed by atoms with Crippen LogP contribution in [0.3, 0.4) is 0 Å². The number of pyridine rings is 1. The van der Waals surface area contributed by atoms with Crippen LogP contribution >= 0.6 is 0 Å². The number of aromatic nitrogens is 2. The molecule has 0 aromatic carbocycles. The number of rotatable bonds is 8. The number of nitrogens with zero attached hydrogens (tertiary/aromatic N) is 2. The monoisotopic (exact) mass is 291 g/mol. The van der Waals surface area contributed by atoms with E-state index >= 15 is 0 Å². The molecule has 6 heteroatoms. The lowest BCUT2D eigenvalue weighted by molar-refractivity contribution is 0.155. The molecule has 2 N–H and O–H groups in total. The second-order valence-electron chi connectivity index (χ2n) is 4.86. The molecule has 2 rings (SSSR count). The van der Waals surface area contributed by atoms with Gasteiger partial charge in [0.05, 0.1) is 6.20 Å². The van der Waals surface area contributed by atoms with Gasteiger partial charge in [-0.2, -0.15) is 0 Å². The van der Waals surface area contributed by atoms with Crippen LogP contribution < -0.4 is 10.5 Å². The van der Waals surface area contributed by atoms with Gasteiger partial charge in [0.2, 0.25) is 0 Å². The smallest absolute Gasteiger partial charge is 0.162 e. The van der Waals surface area contributed by atoms with Gasteiger partial charge in [0.1, 0.15) is 24.7 Å². The lowest BCUT2D eigenvalue weighted by Crippen LogP contribution is -2.21. The molecule has 1 atom stereocenters. The predicted octanol–water partition coefficient (Wildman–Crippen LogP) is 2.07. The molecule has 2 aromatic heterocycles. The van der Waals surface area contributed by atoms with Crippen molar-refractivity contribution >= 4 is 0 Å². The highest BCUT2D eigenvalue weighted by molar-refractivity contribution is 5.20. The van der Waals surface area contributed by atoms with Gasteiger partial charge in [-0.3, -0.25) is 4.98 Å². The number of nitrogens with two attached hydrogens (primary N) is 1. The average Bonchev–Trinajstić information content (AvgIpc) is 2.94. The van der Waals surface area contributed by atoms with Crippen LogP contribution in [0.2, 0.25) is 0 Å². The Hall–Kier alpha value is -1.92. The maximum Gasteiger partial charge on any atom is 0.162 e. The molecule has 2 aromatic rings. The minimum absolute atomic E-state index is 0.151. The first-order chi connectivity index (χ1) is 10.2. The van der Waals surface area contributed by atoms with Gasteiger partial charge in [-0.05, 0) is 18.6 Å². The summed E-state index contributed by atoms with van der Waals surface area (Å²) in [6, 6.07) is 5.79. The third-order valence-corrected chi connectivity index (χ3v) is 3.07. The zero-order valence-corrected chi connectivity index (χ0v) is 12.4. The lowest BCUT2D eigenvalue weighted by Gasteiger charge is -2.08. The van der Waals surface area contributed by atoms with Gasteiger partial charge >= 0.3 is 0 Å². The van der Waals surface area contributed by atoms with E-state index in [1.165, 1.54) is 0 Å². The molecule has 1 unspecified atom stereocenters. The first-order valence-corrected chi connectivity index (χ1v) is 6.98. The third-order valence-electron chi connectivity index (χ3n) is 3.07. The molecule has 0 radical (unpaired) electrons. The number of hydrogen-bond donors (Lipinski definition) is 1. The fourth-order valence-electron chi connectivity index (χ4n) is 1.82. The summed E-state index contributed by atoms with van der Waals surface area (Å²) in [7, 11) is 1.61. The summed E-state index contributed by atoms with van der Waals surface area (Å²) >= 11 is 0. The Morgan fingerprint density at radius 3 is 2.81 bits per heavy atom. The Kier molecular flexibility index (Phi) is 5.71. The van der Waals surface area contributed by atoms with E-state index in [0.717, 1.165) is 24.2 Å². The quantitative estimate of drug-likeness (QED) is 0.801. The average molecular weight is 291 g/mol. The third kappa shape index (κ3) is 4.84. The van der Waals surface area contributed by atoms with Crippen molar-refractivity contribution in [1.29, 1.82) is 0 Å². The van der Waals surface area contributed by atoms with Crippen LogP contribution in [0.25, 0.3) is 0 Å². The molecular weight excluding hydrogens is 270 g/mol. The summed E-state index contributed by atoms with van der Waals surface area (Å²) in [5.41, 5.74) is 7.60. The van der Waals surface area contributed by atoms with E-state index in [-0.39, 0.29) is 6.04 Å². The van der Waals surface area contributed by atoms with Gasteiger partial charge < -0.3 is 19.7 Å². The topological polar surface area (TPSA) is 83.4 Å². The van der Waals surface area contributed by atoms with Crippen molar-refractivity contribution < 1.29 is 14.0 Å². The van der Waals surface area contributed by atoms with Crippen molar-refractivity contribution in [2.24, 2.45) is 5.73 Å². The predicted molar refractivity (Wildman–Crippen MR) is 77.8 cm³/mol. The summed E-state index contributed by atoms with van der Waals surface area (Å²) in [6.07, 6.45) is 3.42. The number of hydrogen-bond acceptors (Lipinski definition) is 6. The summed E-state index contributed by atoms with van der Waals surface area (Å²) in [6.45, 7) is 2.81. The van der Waals surface area contributed by atoms with E-state index in [0.29, 0.717) is 24.7 Å². The first kappa shape index (κ1) is 15.5. The van der Waals surface area contributed by atoms with Gasteiger partial charge in [0.25, 0.3) is 0 Å². The van der Waals surface area contributed by atoms with Crippen molar-refractivity contribution in [1.82, 2.24) is 10.1 Å². The Bertz CT molecular complexity index is 539. The van der Waals surface area contributed by atoms with Crippen molar-refractivity contribution in [2.75, 3.05) is 7.11 Å². The van der Waals surface area contributed by atoms with E-state index in [2.05, 4.69) is 17.1 Å². The highest BCUT2D eigenvalue weighted by Crippen LogP contribution is 2.13. The van der Waals surface area contributed by atoms with Crippen LogP contribution in [0.15, 0.2) is 28.9 Å². The molecule has 0 spiro atoms. The van der Waals surface area contributed by atoms with E-state index in [9.17, 15) is 0 Å². The normalized spacial score (nSPS) is 12.3.